The second kappa shape index (κ2) is 3.97. The van der Waals surface area contributed by atoms with E-state index in [1.165, 1.54) is 0 Å². The molecule has 0 spiro atoms. The van der Waals surface area contributed by atoms with Crippen LogP contribution >= 0.6 is 23.2 Å². The van der Waals surface area contributed by atoms with Crippen LogP contribution in [0.4, 0.5) is 0 Å². The Kier molecular flexibility index (Phi) is 4.00. The van der Waals surface area contributed by atoms with Crippen LogP contribution < -0.4 is 0 Å². The molecule has 0 atom stereocenters. The summed E-state index contributed by atoms with van der Waals surface area (Å²) in [4.78, 5) is 0. The van der Waals surface area contributed by atoms with E-state index in [1.54, 1.807) is 6.08 Å². The van der Waals surface area contributed by atoms with Crippen molar-refractivity contribution in [2.75, 3.05) is 0 Å². The van der Waals surface area contributed by atoms with E-state index in [4.69, 9.17) is 23.2 Å². The zero-order valence-corrected chi connectivity index (χ0v) is 7.35. The van der Waals surface area contributed by atoms with E-state index >= 15 is 0 Å². The Bertz CT molecular complexity index is 150. The normalized spacial score (nSPS) is 11.4. The summed E-state index contributed by atoms with van der Waals surface area (Å²) in [5.41, 5.74) is 1.04. The maximum absolute atomic E-state index is 5.75. The fourth-order valence-electron chi connectivity index (χ4n) is 0.366. The highest BCUT2D eigenvalue weighted by atomic mass is 35.5. The van der Waals surface area contributed by atoms with Crippen LogP contribution in [0, 0.1) is 0 Å². The predicted molar refractivity (Wildman–Crippen MR) is 43.8 cm³/mol. The van der Waals surface area contributed by atoms with Crippen LogP contribution in [0.25, 0.3) is 0 Å². The van der Waals surface area contributed by atoms with Crippen LogP contribution in [-0.2, 0) is 0 Å². The standard InChI is InChI=1S/C7H10Cl2/c1-4-6(8)7(9)5(2)3/h4H,1-3H3. The van der Waals surface area contributed by atoms with Crippen molar-refractivity contribution in [1.29, 1.82) is 0 Å². The lowest BCUT2D eigenvalue weighted by molar-refractivity contribution is 1.37. The molecule has 0 amide bonds. The monoisotopic (exact) mass is 164 g/mol. The summed E-state index contributed by atoms with van der Waals surface area (Å²) in [6.07, 6.45) is 1.77. The molecule has 0 aromatic carbocycles. The number of hydrogen-bond donors (Lipinski definition) is 0. The average Bonchev–Trinajstić information content (AvgIpc) is 1.84. The third-order valence-electron chi connectivity index (χ3n) is 0.902. The van der Waals surface area contributed by atoms with E-state index in [9.17, 15) is 0 Å². The minimum atomic E-state index is 0.622. The molecule has 9 heavy (non-hydrogen) atoms. The van der Waals surface area contributed by atoms with E-state index in [0.29, 0.717) is 10.1 Å². The Hall–Kier alpha value is 0.0600. The van der Waals surface area contributed by atoms with Crippen molar-refractivity contribution in [2.45, 2.75) is 20.8 Å². The van der Waals surface area contributed by atoms with Crippen LogP contribution in [0.1, 0.15) is 20.8 Å². The van der Waals surface area contributed by atoms with E-state index in [-0.39, 0.29) is 0 Å². The molecular formula is C7H10Cl2. The molecule has 0 heterocycles. The minimum absolute atomic E-state index is 0.622. The smallest absolute Gasteiger partial charge is 0.0575 e. The number of hydrogen-bond acceptors (Lipinski definition) is 0. The fraction of sp³-hybridized carbons (Fsp3) is 0.429. The van der Waals surface area contributed by atoms with Crippen molar-refractivity contribution >= 4 is 23.2 Å². The molecule has 0 saturated carbocycles. The first kappa shape index (κ1) is 9.06. The van der Waals surface area contributed by atoms with Gasteiger partial charge in [0.05, 0.1) is 10.1 Å². The van der Waals surface area contributed by atoms with Crippen molar-refractivity contribution in [1.82, 2.24) is 0 Å². The highest BCUT2D eigenvalue weighted by molar-refractivity contribution is 6.44. The van der Waals surface area contributed by atoms with Gasteiger partial charge in [-0.05, 0) is 20.8 Å². The SMILES string of the molecule is CC=C(Cl)C(Cl)=C(C)C. The zero-order chi connectivity index (χ0) is 7.44. The minimum Gasteiger partial charge on any atom is -0.0831 e. The van der Waals surface area contributed by atoms with Gasteiger partial charge in [0, 0.05) is 0 Å². The summed E-state index contributed by atoms with van der Waals surface area (Å²) in [6.45, 7) is 5.70. The van der Waals surface area contributed by atoms with Crippen LogP contribution in [0.5, 0.6) is 0 Å². The summed E-state index contributed by atoms with van der Waals surface area (Å²) >= 11 is 11.4. The van der Waals surface area contributed by atoms with Gasteiger partial charge in [0.25, 0.3) is 0 Å². The van der Waals surface area contributed by atoms with Crippen LogP contribution in [0.15, 0.2) is 21.7 Å². The lowest BCUT2D eigenvalue weighted by atomic mass is 10.3. The quantitative estimate of drug-likeness (QED) is 0.520. The predicted octanol–water partition coefficient (Wildman–Crippen LogP) is 3.66. The Morgan fingerprint density at radius 2 is 1.67 bits per heavy atom. The van der Waals surface area contributed by atoms with E-state index in [1.807, 2.05) is 20.8 Å². The third kappa shape index (κ3) is 2.92. The van der Waals surface area contributed by atoms with Gasteiger partial charge < -0.3 is 0 Å². The Morgan fingerprint density at radius 1 is 1.22 bits per heavy atom. The van der Waals surface area contributed by atoms with Gasteiger partial charge in [0.2, 0.25) is 0 Å². The van der Waals surface area contributed by atoms with Crippen LogP contribution in [-0.4, -0.2) is 0 Å². The van der Waals surface area contributed by atoms with Crippen molar-refractivity contribution in [3.8, 4) is 0 Å². The molecule has 0 aliphatic rings. The Balaban J connectivity index is 4.40. The lowest BCUT2D eigenvalue weighted by Gasteiger charge is -1.96. The number of allylic oxidation sites excluding steroid dienone is 4. The van der Waals surface area contributed by atoms with Crippen LogP contribution in [0.3, 0.4) is 0 Å². The maximum atomic E-state index is 5.75. The highest BCUT2D eigenvalue weighted by Crippen LogP contribution is 2.21. The summed E-state index contributed by atoms with van der Waals surface area (Å²) in [5.74, 6) is 0. The van der Waals surface area contributed by atoms with Crippen molar-refractivity contribution in [2.24, 2.45) is 0 Å². The van der Waals surface area contributed by atoms with Gasteiger partial charge >= 0.3 is 0 Å². The molecule has 0 aliphatic carbocycles. The largest absolute Gasteiger partial charge is 0.0831 e. The maximum Gasteiger partial charge on any atom is 0.0575 e. The first-order valence-corrected chi connectivity index (χ1v) is 3.50. The first-order valence-electron chi connectivity index (χ1n) is 2.74. The summed E-state index contributed by atoms with van der Waals surface area (Å²) in [7, 11) is 0. The summed E-state index contributed by atoms with van der Waals surface area (Å²) in [5, 5.41) is 1.27. The Morgan fingerprint density at radius 3 is 1.78 bits per heavy atom. The van der Waals surface area contributed by atoms with Crippen LogP contribution in [0.2, 0.25) is 0 Å². The summed E-state index contributed by atoms with van der Waals surface area (Å²) < 4.78 is 0. The molecule has 0 fully saturated rings. The van der Waals surface area contributed by atoms with Gasteiger partial charge in [0.1, 0.15) is 0 Å². The molecule has 0 nitrogen and oxygen atoms in total. The third-order valence-corrected chi connectivity index (χ3v) is 1.99. The molecule has 0 aliphatic heterocycles. The van der Waals surface area contributed by atoms with E-state index in [2.05, 4.69) is 0 Å². The molecule has 0 unspecified atom stereocenters. The van der Waals surface area contributed by atoms with Crippen molar-refractivity contribution in [3.63, 3.8) is 0 Å². The average molecular weight is 165 g/mol. The second-order valence-corrected chi connectivity index (χ2v) is 2.74. The van der Waals surface area contributed by atoms with Gasteiger partial charge in [-0.1, -0.05) is 34.9 Å². The molecule has 0 N–H and O–H groups in total. The molecule has 52 valence electrons. The van der Waals surface area contributed by atoms with E-state index < -0.39 is 0 Å². The van der Waals surface area contributed by atoms with Crippen molar-refractivity contribution in [3.05, 3.63) is 21.7 Å². The van der Waals surface area contributed by atoms with Gasteiger partial charge in [-0.3, -0.25) is 0 Å². The van der Waals surface area contributed by atoms with Gasteiger partial charge in [-0.15, -0.1) is 0 Å². The number of halogens is 2. The van der Waals surface area contributed by atoms with E-state index in [0.717, 1.165) is 5.57 Å². The number of rotatable bonds is 1. The molecule has 2 heteroatoms. The molecular weight excluding hydrogens is 155 g/mol. The first-order chi connectivity index (χ1) is 4.09. The highest BCUT2D eigenvalue weighted by Gasteiger charge is 1.96. The van der Waals surface area contributed by atoms with Crippen molar-refractivity contribution < 1.29 is 0 Å². The molecule has 0 bridgehead atoms. The Labute approximate surface area is 66.2 Å². The molecule has 0 aromatic heterocycles. The molecule has 0 saturated heterocycles. The van der Waals surface area contributed by atoms with Gasteiger partial charge in [-0.25, -0.2) is 0 Å². The zero-order valence-electron chi connectivity index (χ0n) is 5.83. The second-order valence-electron chi connectivity index (χ2n) is 1.95. The fourth-order valence-corrected chi connectivity index (χ4v) is 0.664. The van der Waals surface area contributed by atoms with Gasteiger partial charge in [-0.2, -0.15) is 0 Å². The lowest BCUT2D eigenvalue weighted by Crippen LogP contribution is -1.74. The molecule has 0 rings (SSSR count). The molecule has 0 radical (unpaired) electrons. The molecule has 0 aromatic rings. The summed E-state index contributed by atoms with van der Waals surface area (Å²) in [6, 6.07) is 0. The topological polar surface area (TPSA) is 0 Å². The van der Waals surface area contributed by atoms with Gasteiger partial charge in [0.15, 0.2) is 0 Å².